The van der Waals surface area contributed by atoms with Crippen LogP contribution in [0.5, 0.6) is 11.5 Å². The summed E-state index contributed by atoms with van der Waals surface area (Å²) in [6.07, 6.45) is 0. The van der Waals surface area contributed by atoms with E-state index in [4.69, 9.17) is 14.2 Å². The minimum Gasteiger partial charge on any atom is -0.493 e. The normalized spacial score (nSPS) is 13.1. The molecule has 0 radical (unpaired) electrons. The number of aryl methyl sites for hydroxylation is 1. The maximum absolute atomic E-state index is 14.5. The van der Waals surface area contributed by atoms with Crippen LogP contribution in [0.4, 0.5) is 14.6 Å². The Morgan fingerprint density at radius 2 is 1.71 bits per heavy atom. The zero-order chi connectivity index (χ0) is 25.1. The SMILES string of the molecule is COCCOc1cc2c(N[C@H](C)c3ccc(C(F)(F)C(C)(C)O)cc3)nc(C)nc2cc1OC. The van der Waals surface area contributed by atoms with Crippen LogP contribution in [0.25, 0.3) is 10.9 Å². The summed E-state index contributed by atoms with van der Waals surface area (Å²) in [6.45, 7) is 6.66. The Bertz CT molecular complexity index is 1130. The molecule has 1 atom stereocenters. The van der Waals surface area contributed by atoms with E-state index in [0.29, 0.717) is 41.9 Å². The van der Waals surface area contributed by atoms with Gasteiger partial charge in [0.15, 0.2) is 11.5 Å². The van der Waals surface area contributed by atoms with Crippen LogP contribution in [-0.2, 0) is 10.7 Å². The number of rotatable bonds is 10. The number of alkyl halides is 2. The molecule has 0 spiro atoms. The lowest BCUT2D eigenvalue weighted by Crippen LogP contribution is -2.40. The molecule has 9 heteroatoms. The van der Waals surface area contributed by atoms with E-state index in [1.54, 1.807) is 39.3 Å². The number of methoxy groups -OCH3 is 2. The van der Waals surface area contributed by atoms with E-state index in [2.05, 4.69) is 15.3 Å². The van der Waals surface area contributed by atoms with Crippen molar-refractivity contribution in [1.82, 2.24) is 9.97 Å². The summed E-state index contributed by atoms with van der Waals surface area (Å²) in [4.78, 5) is 9.06. The minimum absolute atomic E-state index is 0.246. The zero-order valence-electron chi connectivity index (χ0n) is 20.3. The molecule has 1 aromatic heterocycles. The van der Waals surface area contributed by atoms with Gasteiger partial charge in [-0.05, 0) is 39.3 Å². The number of hydrogen-bond acceptors (Lipinski definition) is 7. The van der Waals surface area contributed by atoms with Crippen LogP contribution in [0, 0.1) is 6.92 Å². The largest absolute Gasteiger partial charge is 0.493 e. The maximum Gasteiger partial charge on any atom is 0.300 e. The average molecular weight is 476 g/mol. The van der Waals surface area contributed by atoms with Gasteiger partial charge in [0.05, 0.1) is 19.2 Å². The van der Waals surface area contributed by atoms with Crippen molar-refractivity contribution in [2.75, 3.05) is 32.8 Å². The topological polar surface area (TPSA) is 85.7 Å². The van der Waals surface area contributed by atoms with Crippen LogP contribution in [0.2, 0.25) is 0 Å². The van der Waals surface area contributed by atoms with Crippen molar-refractivity contribution in [3.63, 3.8) is 0 Å². The minimum atomic E-state index is -3.37. The van der Waals surface area contributed by atoms with Crippen LogP contribution in [0.3, 0.4) is 0 Å². The molecule has 2 aromatic carbocycles. The summed E-state index contributed by atoms with van der Waals surface area (Å²) in [7, 11) is 3.16. The molecule has 0 amide bonds. The van der Waals surface area contributed by atoms with Gasteiger partial charge in [-0.1, -0.05) is 24.3 Å². The third kappa shape index (κ3) is 5.37. The Kier molecular flexibility index (Phi) is 7.57. The number of halogens is 2. The summed E-state index contributed by atoms with van der Waals surface area (Å²) >= 11 is 0. The molecule has 0 aliphatic carbocycles. The molecule has 184 valence electrons. The van der Waals surface area contributed by atoms with Gasteiger partial charge in [-0.2, -0.15) is 8.78 Å². The molecule has 0 unspecified atom stereocenters. The van der Waals surface area contributed by atoms with Gasteiger partial charge in [0.25, 0.3) is 0 Å². The summed E-state index contributed by atoms with van der Waals surface area (Å²) in [6, 6.07) is 9.25. The van der Waals surface area contributed by atoms with E-state index in [9.17, 15) is 13.9 Å². The standard InChI is InChI=1S/C25H31F2N3O4/c1-15(17-7-9-18(10-8-17)25(26,27)24(3,4)31)28-23-19-13-22(34-12-11-32-5)21(33-6)14-20(19)29-16(2)30-23/h7-10,13-15,31H,11-12H2,1-6H3,(H,28,29,30)/t15-/m1/s1. The fourth-order valence-electron chi connectivity index (χ4n) is 3.49. The quantitative estimate of drug-likeness (QED) is 0.399. The van der Waals surface area contributed by atoms with Crippen LogP contribution in [-0.4, -0.2) is 48.1 Å². The van der Waals surface area contributed by atoms with Crippen LogP contribution in [0.15, 0.2) is 36.4 Å². The van der Waals surface area contributed by atoms with Crippen molar-refractivity contribution in [2.24, 2.45) is 0 Å². The zero-order valence-corrected chi connectivity index (χ0v) is 20.3. The molecule has 1 heterocycles. The summed E-state index contributed by atoms with van der Waals surface area (Å²) in [5.74, 6) is -1.14. The van der Waals surface area contributed by atoms with E-state index in [1.165, 1.54) is 12.1 Å². The molecule has 0 saturated heterocycles. The highest BCUT2D eigenvalue weighted by molar-refractivity contribution is 5.92. The number of aliphatic hydroxyl groups is 1. The van der Waals surface area contributed by atoms with E-state index >= 15 is 0 Å². The molecule has 3 rings (SSSR count). The fourth-order valence-corrected chi connectivity index (χ4v) is 3.49. The van der Waals surface area contributed by atoms with E-state index < -0.39 is 11.5 Å². The van der Waals surface area contributed by atoms with Crippen molar-refractivity contribution in [2.45, 2.75) is 45.3 Å². The van der Waals surface area contributed by atoms with E-state index in [-0.39, 0.29) is 11.6 Å². The van der Waals surface area contributed by atoms with Crippen LogP contribution >= 0.6 is 0 Å². The smallest absolute Gasteiger partial charge is 0.300 e. The molecule has 0 bridgehead atoms. The van der Waals surface area contributed by atoms with Gasteiger partial charge in [-0.3, -0.25) is 0 Å². The Balaban J connectivity index is 1.92. The number of hydrogen-bond donors (Lipinski definition) is 2. The number of benzene rings is 2. The second-order valence-electron chi connectivity index (χ2n) is 8.60. The first-order valence-electron chi connectivity index (χ1n) is 10.9. The van der Waals surface area contributed by atoms with Gasteiger partial charge >= 0.3 is 5.92 Å². The number of nitrogens with one attached hydrogen (secondary N) is 1. The third-order valence-corrected chi connectivity index (χ3v) is 5.53. The van der Waals surface area contributed by atoms with Crippen molar-refractivity contribution >= 4 is 16.7 Å². The highest BCUT2D eigenvalue weighted by Crippen LogP contribution is 2.39. The molecule has 3 aromatic rings. The maximum atomic E-state index is 14.5. The highest BCUT2D eigenvalue weighted by Gasteiger charge is 2.46. The molecular weight excluding hydrogens is 444 g/mol. The first-order valence-corrected chi connectivity index (χ1v) is 10.9. The summed E-state index contributed by atoms with van der Waals surface area (Å²) < 4.78 is 45.2. The number of ether oxygens (including phenoxy) is 3. The first kappa shape index (κ1) is 25.6. The Labute approximate surface area is 198 Å². The Morgan fingerprint density at radius 1 is 1.03 bits per heavy atom. The van der Waals surface area contributed by atoms with Crippen molar-refractivity contribution in [1.29, 1.82) is 0 Å². The van der Waals surface area contributed by atoms with Gasteiger partial charge < -0.3 is 24.6 Å². The second-order valence-corrected chi connectivity index (χ2v) is 8.60. The van der Waals surface area contributed by atoms with Crippen LogP contribution in [0.1, 0.15) is 43.8 Å². The molecule has 0 fully saturated rings. The molecule has 7 nitrogen and oxygen atoms in total. The highest BCUT2D eigenvalue weighted by atomic mass is 19.3. The first-order chi connectivity index (χ1) is 16.0. The van der Waals surface area contributed by atoms with Crippen molar-refractivity contribution < 1.29 is 28.1 Å². The van der Waals surface area contributed by atoms with Crippen molar-refractivity contribution in [3.8, 4) is 11.5 Å². The van der Waals surface area contributed by atoms with Gasteiger partial charge in [0.1, 0.15) is 23.9 Å². The lowest BCUT2D eigenvalue weighted by Gasteiger charge is -2.29. The molecule has 34 heavy (non-hydrogen) atoms. The molecule has 2 N–H and O–H groups in total. The van der Waals surface area contributed by atoms with E-state index in [0.717, 1.165) is 24.8 Å². The second kappa shape index (κ2) is 10.1. The van der Waals surface area contributed by atoms with Crippen molar-refractivity contribution in [3.05, 3.63) is 53.3 Å². The number of aromatic nitrogens is 2. The average Bonchev–Trinajstić information content (AvgIpc) is 2.78. The van der Waals surface area contributed by atoms with E-state index in [1.807, 2.05) is 13.0 Å². The lowest BCUT2D eigenvalue weighted by molar-refractivity contribution is -0.168. The predicted octanol–water partition coefficient (Wildman–Crippen LogP) is 5.01. The monoisotopic (exact) mass is 475 g/mol. The summed E-state index contributed by atoms with van der Waals surface area (Å²) in [5, 5.41) is 13.9. The molecule has 0 saturated carbocycles. The molecular formula is C25H31F2N3O4. The van der Waals surface area contributed by atoms with Crippen LogP contribution < -0.4 is 14.8 Å². The predicted molar refractivity (Wildman–Crippen MR) is 127 cm³/mol. The Morgan fingerprint density at radius 3 is 2.29 bits per heavy atom. The number of nitrogens with zero attached hydrogens (tertiary/aromatic N) is 2. The fraction of sp³-hybridized carbons (Fsp3) is 0.440. The van der Waals surface area contributed by atoms with Gasteiger partial charge in [-0.15, -0.1) is 0 Å². The van der Waals surface area contributed by atoms with Gasteiger partial charge in [0.2, 0.25) is 0 Å². The molecule has 0 aliphatic rings. The number of fused-ring (bicyclic) bond motifs is 1. The Hall–Kier alpha value is -3.04. The summed E-state index contributed by atoms with van der Waals surface area (Å²) in [5.41, 5.74) is -0.952. The van der Waals surface area contributed by atoms with Gasteiger partial charge in [0, 0.05) is 30.2 Å². The number of anilines is 1. The molecule has 0 aliphatic heterocycles. The van der Waals surface area contributed by atoms with Gasteiger partial charge in [-0.25, -0.2) is 9.97 Å². The third-order valence-electron chi connectivity index (χ3n) is 5.53. The lowest BCUT2D eigenvalue weighted by atomic mass is 9.92.